The lowest BCUT2D eigenvalue weighted by molar-refractivity contribution is -0.684. The maximum atomic E-state index is 11.7. The molecule has 1 N–H and O–H groups in total. The minimum atomic E-state index is -0.162. The molecular formula is C14H15N4O+. The lowest BCUT2D eigenvalue weighted by atomic mass is 10.2. The molecule has 2 aromatic heterocycles. The van der Waals surface area contributed by atoms with Crippen LogP contribution < -0.4 is 9.99 Å². The van der Waals surface area contributed by atoms with E-state index in [1.54, 1.807) is 17.0 Å². The summed E-state index contributed by atoms with van der Waals surface area (Å²) >= 11 is 0. The highest BCUT2D eigenvalue weighted by atomic mass is 16.2. The Morgan fingerprint density at radius 3 is 2.63 bits per heavy atom. The molecule has 0 spiro atoms. The summed E-state index contributed by atoms with van der Waals surface area (Å²) in [5.41, 5.74) is 4.21. The zero-order chi connectivity index (χ0) is 13.5. The summed E-state index contributed by atoms with van der Waals surface area (Å²) in [7, 11) is 0. The van der Waals surface area contributed by atoms with Gasteiger partial charge in [-0.2, -0.15) is 9.67 Å². The number of nitrogens with one attached hydrogen (secondary N) is 1. The molecule has 5 heteroatoms. The predicted octanol–water partition coefficient (Wildman–Crippen LogP) is 0.909. The summed E-state index contributed by atoms with van der Waals surface area (Å²) in [5, 5.41) is 4.07. The van der Waals surface area contributed by atoms with Gasteiger partial charge in [0.15, 0.2) is 12.4 Å². The Morgan fingerprint density at radius 1 is 1.26 bits per heavy atom. The molecule has 2 rings (SSSR count). The van der Waals surface area contributed by atoms with Gasteiger partial charge in [-0.05, 0) is 19.1 Å². The molecule has 0 saturated carbocycles. The van der Waals surface area contributed by atoms with Crippen molar-refractivity contribution in [2.45, 2.75) is 13.5 Å². The van der Waals surface area contributed by atoms with Gasteiger partial charge in [0, 0.05) is 30.1 Å². The van der Waals surface area contributed by atoms with Gasteiger partial charge in [-0.25, -0.2) is 5.43 Å². The van der Waals surface area contributed by atoms with Crippen molar-refractivity contribution in [2.24, 2.45) is 5.10 Å². The van der Waals surface area contributed by atoms with Crippen molar-refractivity contribution in [3.05, 3.63) is 60.7 Å². The van der Waals surface area contributed by atoms with Gasteiger partial charge in [-0.15, -0.1) is 0 Å². The van der Waals surface area contributed by atoms with Crippen LogP contribution in [0.15, 0.2) is 60.2 Å². The smallest absolute Gasteiger partial charge is 0.266 e. The van der Waals surface area contributed by atoms with E-state index >= 15 is 0 Å². The van der Waals surface area contributed by atoms with Gasteiger partial charge < -0.3 is 0 Å². The molecule has 0 aliphatic heterocycles. The Bertz CT molecular complexity index is 567. The number of rotatable bonds is 4. The molecule has 96 valence electrons. The van der Waals surface area contributed by atoms with Gasteiger partial charge in [0.05, 0.1) is 5.71 Å². The average molecular weight is 255 g/mol. The summed E-state index contributed by atoms with van der Waals surface area (Å²) in [5.74, 6) is -0.162. The maximum Gasteiger partial charge on any atom is 0.305 e. The average Bonchev–Trinajstić information content (AvgIpc) is 2.47. The summed E-state index contributed by atoms with van der Waals surface area (Å²) < 4.78 is 1.78. The third-order valence-corrected chi connectivity index (χ3v) is 2.55. The van der Waals surface area contributed by atoms with E-state index in [4.69, 9.17) is 0 Å². The molecule has 0 atom stereocenters. The van der Waals surface area contributed by atoms with E-state index in [1.165, 1.54) is 0 Å². The van der Waals surface area contributed by atoms with Crippen LogP contribution in [0, 0.1) is 0 Å². The fraction of sp³-hybridized carbons (Fsp3) is 0.143. The summed E-state index contributed by atoms with van der Waals surface area (Å²) in [6.45, 7) is 2.08. The van der Waals surface area contributed by atoms with Gasteiger partial charge in [0.1, 0.15) is 0 Å². The summed E-state index contributed by atoms with van der Waals surface area (Å²) in [6, 6.07) is 9.34. The summed E-state index contributed by atoms with van der Waals surface area (Å²) in [6.07, 6.45) is 7.05. The second-order valence-electron chi connectivity index (χ2n) is 4.02. The number of carbonyl (C=O) groups excluding carboxylic acids is 1. The second kappa shape index (κ2) is 6.39. The third kappa shape index (κ3) is 3.99. The first-order valence-corrected chi connectivity index (χ1v) is 5.93. The normalized spacial score (nSPS) is 11.1. The molecule has 0 unspecified atom stereocenters. The maximum absolute atomic E-state index is 11.7. The molecule has 2 heterocycles. The molecule has 5 nitrogen and oxygen atoms in total. The minimum Gasteiger partial charge on any atom is -0.266 e. The number of aromatic nitrogens is 2. The minimum absolute atomic E-state index is 0.162. The van der Waals surface area contributed by atoms with Crippen LogP contribution in [-0.4, -0.2) is 16.6 Å². The van der Waals surface area contributed by atoms with Crippen molar-refractivity contribution in [2.75, 3.05) is 0 Å². The highest BCUT2D eigenvalue weighted by Gasteiger charge is 2.07. The second-order valence-corrected chi connectivity index (χ2v) is 4.02. The quantitative estimate of drug-likeness (QED) is 0.501. The Hall–Kier alpha value is -2.56. The van der Waals surface area contributed by atoms with Crippen LogP contribution in [-0.2, 0) is 11.3 Å². The monoisotopic (exact) mass is 255 g/mol. The number of hydrazone groups is 1. The molecule has 1 amide bonds. The van der Waals surface area contributed by atoms with E-state index in [9.17, 15) is 4.79 Å². The first-order valence-electron chi connectivity index (χ1n) is 5.93. The highest BCUT2D eigenvalue weighted by molar-refractivity contribution is 5.99. The van der Waals surface area contributed by atoms with Crippen LogP contribution in [0.3, 0.4) is 0 Å². The van der Waals surface area contributed by atoms with Crippen molar-refractivity contribution >= 4 is 11.6 Å². The SMILES string of the molecule is C/C(=N/NC(=O)C[n+]1ccccc1)c1ccncc1. The van der Waals surface area contributed by atoms with Gasteiger partial charge >= 0.3 is 5.91 Å². The van der Waals surface area contributed by atoms with Crippen molar-refractivity contribution in [3.8, 4) is 0 Å². The van der Waals surface area contributed by atoms with Gasteiger partial charge in [-0.3, -0.25) is 9.78 Å². The number of hydrogen-bond donors (Lipinski definition) is 1. The molecule has 0 aliphatic carbocycles. The van der Waals surface area contributed by atoms with Crippen LogP contribution in [0.5, 0.6) is 0 Å². The number of hydrogen-bond acceptors (Lipinski definition) is 3. The van der Waals surface area contributed by atoms with Gasteiger partial charge in [-0.1, -0.05) is 6.07 Å². The Labute approximate surface area is 111 Å². The fourth-order valence-electron chi connectivity index (χ4n) is 1.54. The van der Waals surface area contributed by atoms with Crippen molar-refractivity contribution in [1.82, 2.24) is 10.4 Å². The van der Waals surface area contributed by atoms with Crippen molar-refractivity contribution in [3.63, 3.8) is 0 Å². The van der Waals surface area contributed by atoms with Crippen LogP contribution in [0.1, 0.15) is 12.5 Å². The predicted molar refractivity (Wildman–Crippen MR) is 71.2 cm³/mol. The van der Waals surface area contributed by atoms with Crippen LogP contribution in [0.25, 0.3) is 0 Å². The van der Waals surface area contributed by atoms with Gasteiger partial charge in [0.25, 0.3) is 0 Å². The first-order chi connectivity index (χ1) is 9.25. The molecule has 0 radical (unpaired) electrons. The number of amides is 1. The number of carbonyl (C=O) groups is 1. The molecular weight excluding hydrogens is 240 g/mol. The molecule has 0 fully saturated rings. The van der Waals surface area contributed by atoms with Crippen LogP contribution in [0.2, 0.25) is 0 Å². The van der Waals surface area contributed by atoms with E-state index in [2.05, 4.69) is 15.5 Å². The standard InChI is InChI=1S/C14H14N4O/c1-12(13-5-7-15-8-6-13)16-17-14(19)11-18-9-3-2-4-10-18/h2-10H,11H2,1H3/p+1. The van der Waals surface area contributed by atoms with Crippen molar-refractivity contribution in [1.29, 1.82) is 0 Å². The van der Waals surface area contributed by atoms with Gasteiger partial charge in [0.2, 0.25) is 6.54 Å². The molecule has 0 saturated heterocycles. The largest absolute Gasteiger partial charge is 0.305 e. The van der Waals surface area contributed by atoms with E-state index in [0.29, 0.717) is 0 Å². The van der Waals surface area contributed by atoms with E-state index in [-0.39, 0.29) is 12.5 Å². The van der Waals surface area contributed by atoms with E-state index < -0.39 is 0 Å². The fourth-order valence-corrected chi connectivity index (χ4v) is 1.54. The molecule has 0 aliphatic rings. The zero-order valence-corrected chi connectivity index (χ0v) is 10.7. The first kappa shape index (κ1) is 12.9. The zero-order valence-electron chi connectivity index (χ0n) is 10.7. The number of pyridine rings is 2. The van der Waals surface area contributed by atoms with E-state index in [0.717, 1.165) is 11.3 Å². The third-order valence-electron chi connectivity index (χ3n) is 2.55. The van der Waals surface area contributed by atoms with Crippen LogP contribution in [0.4, 0.5) is 0 Å². The van der Waals surface area contributed by atoms with E-state index in [1.807, 2.05) is 49.6 Å². The highest BCUT2D eigenvalue weighted by Crippen LogP contribution is 1.97. The lowest BCUT2D eigenvalue weighted by Gasteiger charge is -2.01. The molecule has 0 aromatic carbocycles. The topological polar surface area (TPSA) is 58.2 Å². The molecule has 0 bridgehead atoms. The van der Waals surface area contributed by atoms with Crippen molar-refractivity contribution < 1.29 is 9.36 Å². The molecule has 2 aromatic rings. The van der Waals surface area contributed by atoms with Crippen LogP contribution >= 0.6 is 0 Å². The molecule has 19 heavy (non-hydrogen) atoms. The number of nitrogens with zero attached hydrogens (tertiary/aromatic N) is 3. The summed E-state index contributed by atoms with van der Waals surface area (Å²) in [4.78, 5) is 15.6. The lowest BCUT2D eigenvalue weighted by Crippen LogP contribution is -2.41. The Kier molecular flexibility index (Phi) is 4.34. The Morgan fingerprint density at radius 2 is 1.95 bits per heavy atom. The Balaban J connectivity index is 1.93.